The van der Waals surface area contributed by atoms with Gasteiger partial charge in [0.05, 0.1) is 12.3 Å². The Labute approximate surface area is 144 Å². The molecule has 1 heterocycles. The largest absolute Gasteiger partial charge is 0.468 e. The van der Waals surface area contributed by atoms with Crippen LogP contribution in [0.2, 0.25) is 0 Å². The van der Waals surface area contributed by atoms with Crippen molar-refractivity contribution in [1.29, 1.82) is 0 Å². The van der Waals surface area contributed by atoms with Crippen molar-refractivity contribution < 1.29 is 9.21 Å². The van der Waals surface area contributed by atoms with Crippen LogP contribution in [-0.4, -0.2) is 37.6 Å². The molecule has 0 spiro atoms. The monoisotopic (exact) mass is 329 g/mol. The first-order valence-electron chi connectivity index (χ1n) is 8.34. The Bertz CT molecular complexity index is 596. The lowest BCUT2D eigenvalue weighted by molar-refractivity contribution is 0.222. The summed E-state index contributed by atoms with van der Waals surface area (Å²) in [7, 11) is 3.94. The van der Waals surface area contributed by atoms with Crippen molar-refractivity contribution in [3.8, 4) is 0 Å². The Morgan fingerprint density at radius 1 is 1.17 bits per heavy atom. The molecule has 1 aromatic carbocycles. The first kappa shape index (κ1) is 18.1. The average Bonchev–Trinajstić information content (AvgIpc) is 3.08. The number of furan rings is 1. The Morgan fingerprint density at radius 3 is 2.54 bits per heavy atom. The maximum Gasteiger partial charge on any atom is 0.315 e. The molecule has 2 amide bonds. The third-order valence-electron chi connectivity index (χ3n) is 4.04. The van der Waals surface area contributed by atoms with Crippen LogP contribution in [0.1, 0.15) is 30.7 Å². The third-order valence-corrected chi connectivity index (χ3v) is 4.04. The van der Waals surface area contributed by atoms with Gasteiger partial charge in [-0.25, -0.2) is 4.79 Å². The zero-order chi connectivity index (χ0) is 17.4. The molecule has 24 heavy (non-hydrogen) atoms. The number of nitrogens with one attached hydrogen (secondary N) is 2. The zero-order valence-corrected chi connectivity index (χ0v) is 14.7. The van der Waals surface area contributed by atoms with Crippen LogP contribution in [0.15, 0.2) is 53.1 Å². The van der Waals surface area contributed by atoms with E-state index in [9.17, 15) is 4.79 Å². The minimum Gasteiger partial charge on any atom is -0.468 e. The smallest absolute Gasteiger partial charge is 0.315 e. The molecule has 2 aromatic rings. The summed E-state index contributed by atoms with van der Waals surface area (Å²) in [4.78, 5) is 14.1. The quantitative estimate of drug-likeness (QED) is 0.782. The summed E-state index contributed by atoms with van der Waals surface area (Å²) in [6, 6.07) is 14.1. The van der Waals surface area contributed by atoms with Crippen LogP contribution in [0.5, 0.6) is 0 Å². The minimum atomic E-state index is -0.144. The molecule has 0 bridgehead atoms. The van der Waals surface area contributed by atoms with Gasteiger partial charge in [0.1, 0.15) is 5.76 Å². The van der Waals surface area contributed by atoms with Crippen molar-refractivity contribution in [3.05, 3.63) is 60.1 Å². The molecule has 0 aliphatic heterocycles. The Kier molecular flexibility index (Phi) is 6.88. The van der Waals surface area contributed by atoms with Crippen molar-refractivity contribution in [2.45, 2.75) is 31.8 Å². The summed E-state index contributed by atoms with van der Waals surface area (Å²) < 4.78 is 5.44. The summed E-state index contributed by atoms with van der Waals surface area (Å²) in [6.07, 6.45) is 3.51. The predicted octanol–water partition coefficient (Wildman–Crippen LogP) is 3.20. The Balaban J connectivity index is 1.73. The normalized spacial score (nSPS) is 13.5. The number of carbonyl (C=O) groups is 1. The molecule has 0 radical (unpaired) electrons. The third kappa shape index (κ3) is 5.74. The van der Waals surface area contributed by atoms with Gasteiger partial charge in [0, 0.05) is 12.6 Å². The number of hydrogen-bond donors (Lipinski definition) is 2. The van der Waals surface area contributed by atoms with E-state index in [2.05, 4.69) is 22.8 Å². The Hall–Kier alpha value is -2.27. The Morgan fingerprint density at radius 2 is 1.92 bits per heavy atom. The fourth-order valence-electron chi connectivity index (χ4n) is 2.58. The molecule has 130 valence electrons. The van der Waals surface area contributed by atoms with E-state index in [1.54, 1.807) is 6.26 Å². The number of benzene rings is 1. The minimum absolute atomic E-state index is 0.0189. The highest BCUT2D eigenvalue weighted by atomic mass is 16.3. The SMILES string of the molecule is CC(CCc1ccccc1)NC(=O)NCC(c1ccco1)N(C)C. The molecule has 5 nitrogen and oxygen atoms in total. The summed E-state index contributed by atoms with van der Waals surface area (Å²) in [6.45, 7) is 2.52. The second kappa shape index (κ2) is 9.13. The van der Waals surface area contributed by atoms with E-state index in [0.717, 1.165) is 18.6 Å². The van der Waals surface area contributed by atoms with Gasteiger partial charge in [-0.1, -0.05) is 30.3 Å². The topological polar surface area (TPSA) is 57.5 Å². The lowest BCUT2D eigenvalue weighted by Gasteiger charge is -2.23. The van der Waals surface area contributed by atoms with Crippen molar-refractivity contribution >= 4 is 6.03 Å². The van der Waals surface area contributed by atoms with Crippen LogP contribution >= 0.6 is 0 Å². The second-order valence-electron chi connectivity index (χ2n) is 6.27. The predicted molar refractivity (Wildman–Crippen MR) is 95.9 cm³/mol. The fraction of sp³-hybridized carbons (Fsp3) is 0.421. The average molecular weight is 329 g/mol. The van der Waals surface area contributed by atoms with Gasteiger partial charge < -0.3 is 15.1 Å². The van der Waals surface area contributed by atoms with Gasteiger partial charge in [-0.3, -0.25) is 4.90 Å². The molecule has 2 N–H and O–H groups in total. The second-order valence-corrected chi connectivity index (χ2v) is 6.27. The van der Waals surface area contributed by atoms with E-state index in [4.69, 9.17) is 4.42 Å². The van der Waals surface area contributed by atoms with Gasteiger partial charge in [-0.15, -0.1) is 0 Å². The lowest BCUT2D eigenvalue weighted by atomic mass is 10.1. The summed E-state index contributed by atoms with van der Waals surface area (Å²) in [5.41, 5.74) is 1.29. The van der Waals surface area contributed by atoms with Gasteiger partial charge in [-0.05, 0) is 51.6 Å². The number of nitrogens with zero attached hydrogens (tertiary/aromatic N) is 1. The number of carbonyl (C=O) groups excluding carboxylic acids is 1. The highest BCUT2D eigenvalue weighted by Crippen LogP contribution is 2.17. The molecule has 2 atom stereocenters. The van der Waals surface area contributed by atoms with Crippen LogP contribution in [0, 0.1) is 0 Å². The molecular formula is C19H27N3O2. The van der Waals surface area contributed by atoms with Crippen LogP contribution < -0.4 is 10.6 Å². The van der Waals surface area contributed by atoms with E-state index < -0.39 is 0 Å². The highest BCUT2D eigenvalue weighted by Gasteiger charge is 2.18. The van der Waals surface area contributed by atoms with Gasteiger partial charge in [-0.2, -0.15) is 0 Å². The maximum absolute atomic E-state index is 12.1. The van der Waals surface area contributed by atoms with Gasteiger partial charge in [0.2, 0.25) is 0 Å². The van der Waals surface area contributed by atoms with Gasteiger partial charge in [0.25, 0.3) is 0 Å². The molecule has 0 fully saturated rings. The lowest BCUT2D eigenvalue weighted by Crippen LogP contribution is -2.43. The molecule has 0 saturated carbocycles. The van der Waals surface area contributed by atoms with E-state index in [1.165, 1.54) is 5.56 Å². The van der Waals surface area contributed by atoms with Crippen molar-refractivity contribution in [3.63, 3.8) is 0 Å². The van der Waals surface area contributed by atoms with Gasteiger partial charge >= 0.3 is 6.03 Å². The number of urea groups is 1. The maximum atomic E-state index is 12.1. The van der Waals surface area contributed by atoms with Crippen LogP contribution in [-0.2, 0) is 6.42 Å². The molecule has 2 unspecified atom stereocenters. The summed E-state index contributed by atoms with van der Waals surface area (Å²) in [5.74, 6) is 0.845. The molecule has 5 heteroatoms. The summed E-state index contributed by atoms with van der Waals surface area (Å²) >= 11 is 0. The van der Waals surface area contributed by atoms with Crippen LogP contribution in [0.25, 0.3) is 0 Å². The van der Waals surface area contributed by atoms with Crippen molar-refractivity contribution in [1.82, 2.24) is 15.5 Å². The van der Waals surface area contributed by atoms with Gasteiger partial charge in [0.15, 0.2) is 0 Å². The molecule has 1 aromatic heterocycles. The van der Waals surface area contributed by atoms with Crippen LogP contribution in [0.3, 0.4) is 0 Å². The summed E-state index contributed by atoms with van der Waals surface area (Å²) in [5, 5.41) is 5.92. The number of likely N-dealkylation sites (N-methyl/N-ethyl adjacent to an activating group) is 1. The van der Waals surface area contributed by atoms with E-state index in [0.29, 0.717) is 6.54 Å². The first-order valence-corrected chi connectivity index (χ1v) is 8.34. The van der Waals surface area contributed by atoms with Crippen molar-refractivity contribution in [2.75, 3.05) is 20.6 Å². The fourth-order valence-corrected chi connectivity index (χ4v) is 2.58. The van der Waals surface area contributed by atoms with Crippen LogP contribution in [0.4, 0.5) is 4.79 Å². The number of hydrogen-bond acceptors (Lipinski definition) is 3. The van der Waals surface area contributed by atoms with E-state index in [1.807, 2.05) is 56.3 Å². The zero-order valence-electron chi connectivity index (χ0n) is 14.7. The number of amides is 2. The van der Waals surface area contributed by atoms with E-state index in [-0.39, 0.29) is 18.1 Å². The molecule has 0 saturated heterocycles. The highest BCUT2D eigenvalue weighted by molar-refractivity contribution is 5.74. The molecule has 2 rings (SSSR count). The number of aryl methyl sites for hydroxylation is 1. The first-order chi connectivity index (χ1) is 11.6. The standard InChI is InChI=1S/C19H27N3O2/c1-15(11-12-16-8-5-4-6-9-16)21-19(23)20-14-17(22(2)3)18-10-7-13-24-18/h4-10,13,15,17H,11-12,14H2,1-3H3,(H2,20,21,23). The molecule has 0 aliphatic carbocycles. The molecular weight excluding hydrogens is 302 g/mol. The number of rotatable bonds is 8. The molecule has 0 aliphatic rings. The van der Waals surface area contributed by atoms with E-state index >= 15 is 0 Å². The van der Waals surface area contributed by atoms with Crippen molar-refractivity contribution in [2.24, 2.45) is 0 Å².